The molecule has 4 aromatic rings. The summed E-state index contributed by atoms with van der Waals surface area (Å²) in [6, 6.07) is 26.8. The summed E-state index contributed by atoms with van der Waals surface area (Å²) in [7, 11) is 0. The van der Waals surface area contributed by atoms with Gasteiger partial charge in [-0.3, -0.25) is 14.9 Å². The highest BCUT2D eigenvalue weighted by atomic mass is 16.6. The standard InChI is InChI=1S/C24H18N2O4/c27-24(20-11-10-18-8-4-5-9-19(18)14-20)25-22-13-12-21(26(28)29)15-23(22)30-16-17-6-2-1-3-7-17/h1-15H,16H2,(H,25,27). The molecule has 0 unspecified atom stereocenters. The van der Waals surface area contributed by atoms with E-state index >= 15 is 0 Å². The molecule has 0 aliphatic carbocycles. The van der Waals surface area contributed by atoms with Crippen LogP contribution in [0.3, 0.4) is 0 Å². The number of hydrogen-bond acceptors (Lipinski definition) is 4. The highest BCUT2D eigenvalue weighted by molar-refractivity contribution is 6.07. The second-order valence-electron chi connectivity index (χ2n) is 6.73. The Morgan fingerprint density at radius 2 is 1.60 bits per heavy atom. The van der Waals surface area contributed by atoms with Crippen LogP contribution in [0.4, 0.5) is 11.4 Å². The molecule has 148 valence electrons. The molecule has 0 fully saturated rings. The minimum Gasteiger partial charge on any atom is -0.486 e. The predicted octanol–water partition coefficient (Wildman–Crippen LogP) is 5.58. The van der Waals surface area contributed by atoms with Crippen LogP contribution in [-0.4, -0.2) is 10.8 Å². The molecule has 0 aliphatic rings. The molecule has 0 radical (unpaired) electrons. The monoisotopic (exact) mass is 398 g/mol. The number of carbonyl (C=O) groups excluding carboxylic acids is 1. The minimum absolute atomic E-state index is 0.109. The van der Waals surface area contributed by atoms with Crippen LogP contribution < -0.4 is 10.1 Å². The van der Waals surface area contributed by atoms with Crippen LogP contribution in [0.5, 0.6) is 5.75 Å². The average molecular weight is 398 g/mol. The number of nitrogens with zero attached hydrogens (tertiary/aromatic N) is 1. The molecule has 6 nitrogen and oxygen atoms in total. The lowest BCUT2D eigenvalue weighted by molar-refractivity contribution is -0.384. The molecule has 0 saturated carbocycles. The fourth-order valence-electron chi connectivity index (χ4n) is 3.11. The second-order valence-corrected chi connectivity index (χ2v) is 6.73. The van der Waals surface area contributed by atoms with Crippen molar-refractivity contribution in [3.05, 3.63) is 112 Å². The number of rotatable bonds is 6. The third-order valence-electron chi connectivity index (χ3n) is 4.67. The first-order chi connectivity index (χ1) is 14.6. The number of ether oxygens (including phenoxy) is 1. The molecule has 0 spiro atoms. The summed E-state index contributed by atoms with van der Waals surface area (Å²) in [5.74, 6) is -0.0821. The van der Waals surface area contributed by atoms with Crippen LogP contribution in [0.25, 0.3) is 10.8 Å². The Morgan fingerprint density at radius 1 is 0.867 bits per heavy atom. The largest absolute Gasteiger partial charge is 0.486 e. The maximum absolute atomic E-state index is 12.8. The van der Waals surface area contributed by atoms with Crippen LogP contribution >= 0.6 is 0 Å². The quantitative estimate of drug-likeness (QED) is 0.340. The SMILES string of the molecule is O=C(Nc1ccc([N+](=O)[O-])cc1OCc1ccccc1)c1ccc2ccccc2c1. The normalized spacial score (nSPS) is 10.5. The Hall–Kier alpha value is -4.19. The van der Waals surface area contributed by atoms with Gasteiger partial charge in [0, 0.05) is 11.6 Å². The van der Waals surface area contributed by atoms with Crippen molar-refractivity contribution in [1.82, 2.24) is 0 Å². The summed E-state index contributed by atoms with van der Waals surface area (Å²) in [5, 5.41) is 16.0. The molecule has 6 heteroatoms. The number of nitrogens with one attached hydrogen (secondary N) is 1. The van der Waals surface area contributed by atoms with E-state index in [1.54, 1.807) is 12.1 Å². The fourth-order valence-corrected chi connectivity index (χ4v) is 3.11. The molecule has 0 aliphatic heterocycles. The van der Waals surface area contributed by atoms with E-state index < -0.39 is 4.92 Å². The Bertz CT molecular complexity index is 1220. The maximum atomic E-state index is 12.8. The van der Waals surface area contributed by atoms with Crippen molar-refractivity contribution in [2.75, 3.05) is 5.32 Å². The van der Waals surface area contributed by atoms with Gasteiger partial charge >= 0.3 is 0 Å². The molecule has 0 bridgehead atoms. The minimum atomic E-state index is -0.496. The summed E-state index contributed by atoms with van der Waals surface area (Å²) < 4.78 is 5.80. The maximum Gasteiger partial charge on any atom is 0.273 e. The molecular formula is C24H18N2O4. The van der Waals surface area contributed by atoms with Crippen LogP contribution in [0.1, 0.15) is 15.9 Å². The van der Waals surface area contributed by atoms with E-state index in [9.17, 15) is 14.9 Å². The van der Waals surface area contributed by atoms with Gasteiger partial charge in [0.25, 0.3) is 11.6 Å². The van der Waals surface area contributed by atoms with Gasteiger partial charge in [0.15, 0.2) is 0 Å². The Morgan fingerprint density at radius 3 is 2.37 bits per heavy atom. The first kappa shape index (κ1) is 19.1. The fraction of sp³-hybridized carbons (Fsp3) is 0.0417. The molecule has 4 rings (SSSR count). The van der Waals surface area contributed by atoms with Crippen molar-refractivity contribution < 1.29 is 14.5 Å². The Balaban J connectivity index is 1.59. The number of carbonyl (C=O) groups is 1. The lowest BCUT2D eigenvalue weighted by atomic mass is 10.1. The number of non-ortho nitro benzene ring substituents is 1. The van der Waals surface area contributed by atoms with Gasteiger partial charge in [-0.15, -0.1) is 0 Å². The smallest absolute Gasteiger partial charge is 0.273 e. The van der Waals surface area contributed by atoms with Gasteiger partial charge in [-0.2, -0.15) is 0 Å². The van der Waals surface area contributed by atoms with E-state index in [-0.39, 0.29) is 24.0 Å². The van der Waals surface area contributed by atoms with Crippen molar-refractivity contribution in [1.29, 1.82) is 0 Å². The van der Waals surface area contributed by atoms with Crippen LogP contribution in [0, 0.1) is 10.1 Å². The number of nitro groups is 1. The predicted molar refractivity (Wildman–Crippen MR) is 116 cm³/mol. The number of fused-ring (bicyclic) bond motifs is 1. The first-order valence-corrected chi connectivity index (χ1v) is 9.35. The van der Waals surface area contributed by atoms with Crippen molar-refractivity contribution >= 4 is 28.1 Å². The van der Waals surface area contributed by atoms with E-state index in [0.717, 1.165) is 16.3 Å². The average Bonchev–Trinajstić information content (AvgIpc) is 2.78. The van der Waals surface area contributed by atoms with Gasteiger partial charge < -0.3 is 10.1 Å². The number of benzene rings is 4. The van der Waals surface area contributed by atoms with Crippen molar-refractivity contribution in [3.8, 4) is 5.75 Å². The van der Waals surface area contributed by atoms with Gasteiger partial charge in [0.05, 0.1) is 16.7 Å². The Labute approximate surface area is 172 Å². The van der Waals surface area contributed by atoms with Crippen LogP contribution in [0.15, 0.2) is 91.0 Å². The summed E-state index contributed by atoms with van der Waals surface area (Å²) in [4.78, 5) is 23.5. The number of nitro benzene ring substituents is 1. The highest BCUT2D eigenvalue weighted by Gasteiger charge is 2.15. The zero-order valence-corrected chi connectivity index (χ0v) is 15.9. The van der Waals surface area contributed by atoms with Crippen molar-refractivity contribution in [3.63, 3.8) is 0 Å². The van der Waals surface area contributed by atoms with E-state index in [1.165, 1.54) is 18.2 Å². The summed E-state index contributed by atoms with van der Waals surface area (Å²) in [6.45, 7) is 0.223. The second kappa shape index (κ2) is 8.45. The summed E-state index contributed by atoms with van der Waals surface area (Å²) in [6.07, 6.45) is 0. The van der Waals surface area contributed by atoms with E-state index in [2.05, 4.69) is 5.32 Å². The molecule has 1 amide bonds. The molecular weight excluding hydrogens is 380 g/mol. The van der Waals surface area contributed by atoms with Crippen LogP contribution in [0.2, 0.25) is 0 Å². The molecule has 0 aromatic heterocycles. The van der Waals surface area contributed by atoms with Gasteiger partial charge in [0.2, 0.25) is 0 Å². The zero-order valence-electron chi connectivity index (χ0n) is 15.9. The Kier molecular flexibility index (Phi) is 5.39. The molecule has 4 aromatic carbocycles. The van der Waals surface area contributed by atoms with E-state index in [4.69, 9.17) is 4.74 Å². The van der Waals surface area contributed by atoms with Crippen molar-refractivity contribution in [2.45, 2.75) is 6.61 Å². The first-order valence-electron chi connectivity index (χ1n) is 9.35. The summed E-state index contributed by atoms with van der Waals surface area (Å²) in [5.41, 5.74) is 1.66. The highest BCUT2D eigenvalue weighted by Crippen LogP contribution is 2.30. The topological polar surface area (TPSA) is 81.5 Å². The van der Waals surface area contributed by atoms with Gasteiger partial charge in [-0.25, -0.2) is 0 Å². The third kappa shape index (κ3) is 4.28. The molecule has 0 saturated heterocycles. The van der Waals surface area contributed by atoms with Gasteiger partial charge in [-0.05, 0) is 34.5 Å². The third-order valence-corrected chi connectivity index (χ3v) is 4.67. The molecule has 30 heavy (non-hydrogen) atoms. The molecule has 0 heterocycles. The molecule has 1 N–H and O–H groups in total. The van der Waals surface area contributed by atoms with Crippen molar-refractivity contribution in [2.24, 2.45) is 0 Å². The van der Waals surface area contributed by atoms with Gasteiger partial charge in [-0.1, -0.05) is 60.7 Å². The van der Waals surface area contributed by atoms with Crippen LogP contribution in [-0.2, 0) is 6.61 Å². The van der Waals surface area contributed by atoms with E-state index in [0.29, 0.717) is 11.3 Å². The lowest BCUT2D eigenvalue weighted by Gasteiger charge is -2.13. The zero-order chi connectivity index (χ0) is 20.9. The van der Waals surface area contributed by atoms with E-state index in [1.807, 2.05) is 60.7 Å². The lowest BCUT2D eigenvalue weighted by Crippen LogP contribution is -2.13. The number of hydrogen-bond donors (Lipinski definition) is 1. The summed E-state index contributed by atoms with van der Waals surface area (Å²) >= 11 is 0. The number of amides is 1. The molecule has 0 atom stereocenters. The van der Waals surface area contributed by atoms with Gasteiger partial charge in [0.1, 0.15) is 12.4 Å². The number of anilines is 1.